The summed E-state index contributed by atoms with van der Waals surface area (Å²) in [7, 11) is 5.19. The first-order chi connectivity index (χ1) is 8.60. The van der Waals surface area contributed by atoms with Gasteiger partial charge in [0.15, 0.2) is 5.78 Å². The number of Topliss-reactive ketones (excluding diaryl/α,β-unsaturated/α-hetero) is 1. The number of hydrogen-bond donors (Lipinski definition) is 1. The standard InChI is InChI=1S/C13H15ClN2O2/c1-15-6-10(17)8-7-16(2)13-9(14)4-5-11(18-3)12(8)13/h4-5,7,15H,6H2,1-3H3. The monoisotopic (exact) mass is 266 g/mol. The number of carbonyl (C=O) groups is 1. The van der Waals surface area contributed by atoms with Gasteiger partial charge < -0.3 is 14.6 Å². The maximum Gasteiger partial charge on any atom is 0.178 e. The van der Waals surface area contributed by atoms with Crippen LogP contribution in [0.1, 0.15) is 10.4 Å². The van der Waals surface area contributed by atoms with Crippen molar-refractivity contribution in [2.24, 2.45) is 7.05 Å². The normalized spacial score (nSPS) is 10.9. The third-order valence-corrected chi connectivity index (χ3v) is 3.20. The Hall–Kier alpha value is -1.52. The molecule has 5 heteroatoms. The van der Waals surface area contributed by atoms with Gasteiger partial charge in [-0.05, 0) is 19.2 Å². The number of hydrogen-bond acceptors (Lipinski definition) is 3. The van der Waals surface area contributed by atoms with E-state index in [0.717, 1.165) is 10.9 Å². The van der Waals surface area contributed by atoms with Gasteiger partial charge in [0.1, 0.15) is 5.75 Å². The second-order valence-electron chi connectivity index (χ2n) is 4.08. The van der Waals surface area contributed by atoms with E-state index in [1.165, 1.54) is 0 Å². The molecule has 0 aliphatic heterocycles. The Morgan fingerprint density at radius 3 is 2.83 bits per heavy atom. The van der Waals surface area contributed by atoms with Gasteiger partial charge in [0.05, 0.1) is 29.6 Å². The Balaban J connectivity index is 2.75. The van der Waals surface area contributed by atoms with E-state index in [1.807, 2.05) is 11.6 Å². The van der Waals surface area contributed by atoms with E-state index in [-0.39, 0.29) is 12.3 Å². The molecule has 1 aromatic heterocycles. The average Bonchev–Trinajstić information content (AvgIpc) is 2.69. The predicted molar refractivity (Wildman–Crippen MR) is 72.7 cm³/mol. The number of fused-ring (bicyclic) bond motifs is 1. The molecule has 0 spiro atoms. The molecule has 2 aromatic rings. The number of benzene rings is 1. The van der Waals surface area contributed by atoms with E-state index in [1.54, 1.807) is 32.5 Å². The fourth-order valence-corrected chi connectivity index (χ4v) is 2.40. The number of aryl methyl sites for hydroxylation is 1. The Morgan fingerprint density at radius 2 is 2.22 bits per heavy atom. The van der Waals surface area contributed by atoms with Gasteiger partial charge in [-0.1, -0.05) is 11.6 Å². The molecule has 0 unspecified atom stereocenters. The number of methoxy groups -OCH3 is 1. The molecule has 1 N–H and O–H groups in total. The second-order valence-corrected chi connectivity index (χ2v) is 4.49. The molecule has 0 radical (unpaired) electrons. The van der Waals surface area contributed by atoms with Crippen LogP contribution in [0, 0.1) is 0 Å². The molecule has 18 heavy (non-hydrogen) atoms. The van der Waals surface area contributed by atoms with Crippen molar-refractivity contribution >= 4 is 28.3 Å². The van der Waals surface area contributed by atoms with Crippen LogP contribution < -0.4 is 10.1 Å². The minimum absolute atomic E-state index is 0.0173. The lowest BCUT2D eigenvalue weighted by Crippen LogP contribution is -2.18. The van der Waals surface area contributed by atoms with Crippen molar-refractivity contribution in [3.63, 3.8) is 0 Å². The van der Waals surface area contributed by atoms with Crippen molar-refractivity contribution in [3.05, 3.63) is 28.9 Å². The molecule has 0 amide bonds. The molecule has 2 rings (SSSR count). The van der Waals surface area contributed by atoms with E-state index < -0.39 is 0 Å². The number of ether oxygens (including phenoxy) is 1. The molecule has 0 fully saturated rings. The summed E-state index contributed by atoms with van der Waals surface area (Å²) in [5, 5.41) is 4.24. The summed E-state index contributed by atoms with van der Waals surface area (Å²) in [6.07, 6.45) is 1.79. The van der Waals surface area contributed by atoms with Crippen molar-refractivity contribution in [2.75, 3.05) is 20.7 Å². The molecule has 1 aromatic carbocycles. The molecule has 0 saturated heterocycles. The van der Waals surface area contributed by atoms with Gasteiger partial charge in [-0.2, -0.15) is 0 Å². The van der Waals surface area contributed by atoms with Crippen LogP contribution in [0.5, 0.6) is 5.75 Å². The van der Waals surface area contributed by atoms with Crippen LogP contribution in [0.2, 0.25) is 5.02 Å². The fraction of sp³-hybridized carbons (Fsp3) is 0.308. The van der Waals surface area contributed by atoms with Crippen molar-refractivity contribution in [3.8, 4) is 5.75 Å². The van der Waals surface area contributed by atoms with Gasteiger partial charge in [-0.25, -0.2) is 0 Å². The summed E-state index contributed by atoms with van der Waals surface area (Å²) >= 11 is 6.18. The quantitative estimate of drug-likeness (QED) is 0.863. The van der Waals surface area contributed by atoms with Gasteiger partial charge in [0.2, 0.25) is 0 Å². The summed E-state index contributed by atoms with van der Waals surface area (Å²) in [5.74, 6) is 0.679. The summed E-state index contributed by atoms with van der Waals surface area (Å²) in [5.41, 5.74) is 1.44. The van der Waals surface area contributed by atoms with E-state index in [0.29, 0.717) is 16.3 Å². The number of halogens is 1. The SMILES string of the molecule is CNCC(=O)c1cn(C)c2c(Cl)ccc(OC)c12. The van der Waals surface area contributed by atoms with Gasteiger partial charge in [-0.15, -0.1) is 0 Å². The lowest BCUT2D eigenvalue weighted by Gasteiger charge is -2.06. The highest BCUT2D eigenvalue weighted by molar-refractivity contribution is 6.36. The van der Waals surface area contributed by atoms with Gasteiger partial charge in [-0.3, -0.25) is 4.79 Å². The summed E-state index contributed by atoms with van der Waals surface area (Å²) in [6.45, 7) is 0.286. The number of rotatable bonds is 4. The first-order valence-electron chi connectivity index (χ1n) is 5.59. The summed E-state index contributed by atoms with van der Waals surface area (Å²) < 4.78 is 7.17. The van der Waals surface area contributed by atoms with E-state index in [9.17, 15) is 4.79 Å². The van der Waals surface area contributed by atoms with Crippen LogP contribution in [0.3, 0.4) is 0 Å². The van der Waals surface area contributed by atoms with Gasteiger partial charge in [0.25, 0.3) is 0 Å². The molecule has 0 aliphatic rings. The zero-order chi connectivity index (χ0) is 13.3. The molecule has 4 nitrogen and oxygen atoms in total. The van der Waals surface area contributed by atoms with Crippen LogP contribution in [0.4, 0.5) is 0 Å². The third-order valence-electron chi connectivity index (χ3n) is 2.89. The molecular weight excluding hydrogens is 252 g/mol. The van der Waals surface area contributed by atoms with Crippen LogP contribution in [0.15, 0.2) is 18.3 Å². The number of nitrogens with zero attached hydrogens (tertiary/aromatic N) is 1. The Bertz CT molecular complexity index is 605. The molecular formula is C13H15ClN2O2. The van der Waals surface area contributed by atoms with Crippen LogP contribution in [-0.4, -0.2) is 31.1 Å². The second kappa shape index (κ2) is 5.00. The predicted octanol–water partition coefficient (Wildman–Crippen LogP) is 2.24. The molecule has 96 valence electrons. The zero-order valence-electron chi connectivity index (χ0n) is 10.6. The Labute approximate surface area is 110 Å². The Kier molecular flexibility index (Phi) is 3.59. The highest BCUT2D eigenvalue weighted by Crippen LogP contribution is 2.35. The smallest absolute Gasteiger partial charge is 0.178 e. The summed E-state index contributed by atoms with van der Waals surface area (Å²) in [4.78, 5) is 12.1. The van der Waals surface area contributed by atoms with Gasteiger partial charge >= 0.3 is 0 Å². The lowest BCUT2D eigenvalue weighted by molar-refractivity contribution is 0.0995. The van der Waals surface area contributed by atoms with Gasteiger partial charge in [0, 0.05) is 18.8 Å². The van der Waals surface area contributed by atoms with E-state index in [2.05, 4.69) is 5.32 Å². The number of ketones is 1. The largest absolute Gasteiger partial charge is 0.496 e. The first-order valence-corrected chi connectivity index (χ1v) is 5.97. The minimum atomic E-state index is 0.0173. The Morgan fingerprint density at radius 1 is 1.50 bits per heavy atom. The molecule has 0 saturated carbocycles. The average molecular weight is 267 g/mol. The molecule has 1 heterocycles. The highest BCUT2D eigenvalue weighted by Gasteiger charge is 2.18. The van der Waals surface area contributed by atoms with Crippen molar-refractivity contribution in [1.29, 1.82) is 0 Å². The third kappa shape index (κ3) is 1.98. The number of carbonyl (C=O) groups excluding carboxylic acids is 1. The molecule has 0 atom stereocenters. The summed E-state index contributed by atoms with van der Waals surface area (Å²) in [6, 6.07) is 3.55. The topological polar surface area (TPSA) is 43.3 Å². The molecule has 0 aliphatic carbocycles. The van der Waals surface area contributed by atoms with E-state index in [4.69, 9.17) is 16.3 Å². The zero-order valence-corrected chi connectivity index (χ0v) is 11.3. The first kappa shape index (κ1) is 12.9. The maximum atomic E-state index is 12.1. The number of likely N-dealkylation sites (N-methyl/N-ethyl adjacent to an activating group) is 1. The minimum Gasteiger partial charge on any atom is -0.496 e. The van der Waals surface area contributed by atoms with E-state index >= 15 is 0 Å². The van der Waals surface area contributed by atoms with Crippen LogP contribution in [-0.2, 0) is 7.05 Å². The highest BCUT2D eigenvalue weighted by atomic mass is 35.5. The molecule has 0 bridgehead atoms. The number of nitrogens with one attached hydrogen (secondary N) is 1. The number of aromatic nitrogens is 1. The van der Waals surface area contributed by atoms with Crippen LogP contribution >= 0.6 is 11.6 Å². The van der Waals surface area contributed by atoms with Crippen LogP contribution in [0.25, 0.3) is 10.9 Å². The maximum absolute atomic E-state index is 12.1. The fourth-order valence-electron chi connectivity index (χ4n) is 2.11. The van der Waals surface area contributed by atoms with Crippen molar-refractivity contribution in [1.82, 2.24) is 9.88 Å². The lowest BCUT2D eigenvalue weighted by atomic mass is 10.1. The van der Waals surface area contributed by atoms with Crippen molar-refractivity contribution < 1.29 is 9.53 Å². The van der Waals surface area contributed by atoms with Crippen molar-refractivity contribution in [2.45, 2.75) is 0 Å².